The van der Waals surface area contributed by atoms with Gasteiger partial charge in [-0.05, 0) is 19.3 Å². The van der Waals surface area contributed by atoms with Crippen molar-refractivity contribution in [3.05, 3.63) is 0 Å². The van der Waals surface area contributed by atoms with Crippen molar-refractivity contribution >= 4 is 5.78 Å². The van der Waals surface area contributed by atoms with Gasteiger partial charge in [-0.2, -0.15) is 0 Å². The average Bonchev–Trinajstić information content (AvgIpc) is 1.86. The van der Waals surface area contributed by atoms with Crippen LogP contribution in [0.5, 0.6) is 0 Å². The smallest absolute Gasteiger partial charge is 0.138 e. The van der Waals surface area contributed by atoms with Crippen LogP contribution in [0.4, 0.5) is 0 Å². The Bertz CT molecular complexity index is 128. The van der Waals surface area contributed by atoms with E-state index >= 15 is 0 Å². The Morgan fingerprint density at radius 3 is 2.10 bits per heavy atom. The zero-order chi connectivity index (χ0) is 7.61. The molecule has 0 heterocycles. The first-order valence-electron chi connectivity index (χ1n) is 4.28. The number of ketones is 1. The Kier molecular flexibility index (Phi) is 2.12. The van der Waals surface area contributed by atoms with E-state index in [1.165, 1.54) is 6.42 Å². The van der Waals surface area contributed by atoms with Gasteiger partial charge in [0, 0.05) is 11.8 Å². The molecule has 1 saturated carbocycles. The van der Waals surface area contributed by atoms with Crippen LogP contribution in [0, 0.1) is 5.41 Å². The number of carbonyl (C=O) groups excluding carboxylic acids is 1. The topological polar surface area (TPSA) is 17.1 Å². The van der Waals surface area contributed by atoms with Crippen molar-refractivity contribution in [2.75, 3.05) is 0 Å². The minimum Gasteiger partial charge on any atom is -0.299 e. The van der Waals surface area contributed by atoms with E-state index in [0.717, 1.165) is 25.7 Å². The average molecular weight is 140 g/mol. The van der Waals surface area contributed by atoms with Gasteiger partial charge in [-0.25, -0.2) is 0 Å². The molecule has 0 unspecified atom stereocenters. The summed E-state index contributed by atoms with van der Waals surface area (Å²) in [5.41, 5.74) is 0.134. The van der Waals surface area contributed by atoms with E-state index in [2.05, 4.69) is 6.92 Å². The Labute approximate surface area is 62.8 Å². The van der Waals surface area contributed by atoms with Gasteiger partial charge in [0.2, 0.25) is 0 Å². The molecule has 0 amide bonds. The number of rotatable bonds is 3. The molecule has 0 bridgehead atoms. The molecule has 0 aromatic rings. The largest absolute Gasteiger partial charge is 0.299 e. The van der Waals surface area contributed by atoms with Crippen LogP contribution in [0.15, 0.2) is 0 Å². The minimum atomic E-state index is 0.134. The minimum absolute atomic E-state index is 0.134. The second-order valence-corrected chi connectivity index (χ2v) is 3.26. The van der Waals surface area contributed by atoms with Gasteiger partial charge >= 0.3 is 0 Å². The standard InChI is InChI=1S/C9H16O/c1-3-8(10)9(4-2)6-5-7-9/h3-7H2,1-2H3. The second-order valence-electron chi connectivity index (χ2n) is 3.26. The zero-order valence-electron chi connectivity index (χ0n) is 6.94. The van der Waals surface area contributed by atoms with Gasteiger partial charge in [-0.1, -0.05) is 20.3 Å². The fourth-order valence-corrected chi connectivity index (χ4v) is 1.81. The van der Waals surface area contributed by atoms with Crippen molar-refractivity contribution in [2.45, 2.75) is 46.0 Å². The summed E-state index contributed by atoms with van der Waals surface area (Å²) in [6.07, 6.45) is 5.35. The third-order valence-corrected chi connectivity index (χ3v) is 2.90. The van der Waals surface area contributed by atoms with Crippen molar-refractivity contribution in [3.8, 4) is 0 Å². The quantitative estimate of drug-likeness (QED) is 0.588. The van der Waals surface area contributed by atoms with E-state index in [1.54, 1.807) is 0 Å². The highest BCUT2D eigenvalue weighted by Gasteiger charge is 2.40. The number of hydrogen-bond donors (Lipinski definition) is 0. The van der Waals surface area contributed by atoms with Crippen LogP contribution >= 0.6 is 0 Å². The van der Waals surface area contributed by atoms with E-state index in [9.17, 15) is 4.79 Å². The molecule has 0 spiro atoms. The Balaban J connectivity index is 2.55. The Morgan fingerprint density at radius 2 is 2.00 bits per heavy atom. The fourth-order valence-electron chi connectivity index (χ4n) is 1.81. The van der Waals surface area contributed by atoms with E-state index in [4.69, 9.17) is 0 Å². The van der Waals surface area contributed by atoms with Crippen molar-refractivity contribution in [2.24, 2.45) is 5.41 Å². The molecule has 0 radical (unpaired) electrons. The molecule has 0 saturated heterocycles. The molecule has 0 aliphatic heterocycles. The molecular weight excluding hydrogens is 124 g/mol. The van der Waals surface area contributed by atoms with Crippen LogP contribution in [0.2, 0.25) is 0 Å². The first-order chi connectivity index (χ1) is 4.75. The molecule has 58 valence electrons. The number of carbonyl (C=O) groups is 1. The summed E-state index contributed by atoms with van der Waals surface area (Å²) in [4.78, 5) is 11.3. The third kappa shape index (κ3) is 0.979. The highest BCUT2D eigenvalue weighted by atomic mass is 16.1. The normalized spacial score (nSPS) is 21.8. The summed E-state index contributed by atoms with van der Waals surface area (Å²) >= 11 is 0. The lowest BCUT2D eigenvalue weighted by atomic mass is 9.64. The van der Waals surface area contributed by atoms with E-state index < -0.39 is 0 Å². The van der Waals surface area contributed by atoms with Gasteiger partial charge in [-0.15, -0.1) is 0 Å². The molecule has 1 nitrogen and oxygen atoms in total. The first kappa shape index (κ1) is 7.77. The molecule has 1 heteroatoms. The van der Waals surface area contributed by atoms with Gasteiger partial charge in [0.05, 0.1) is 0 Å². The van der Waals surface area contributed by atoms with Crippen LogP contribution < -0.4 is 0 Å². The predicted octanol–water partition coefficient (Wildman–Crippen LogP) is 2.55. The second kappa shape index (κ2) is 2.73. The fraction of sp³-hybridized carbons (Fsp3) is 0.889. The zero-order valence-corrected chi connectivity index (χ0v) is 6.94. The summed E-state index contributed by atoms with van der Waals surface area (Å²) in [6.45, 7) is 4.10. The highest BCUT2D eigenvalue weighted by molar-refractivity contribution is 5.85. The lowest BCUT2D eigenvalue weighted by Gasteiger charge is -2.39. The number of Topliss-reactive ketones (excluding diaryl/α,β-unsaturated/α-hetero) is 1. The van der Waals surface area contributed by atoms with Gasteiger partial charge in [0.1, 0.15) is 5.78 Å². The summed E-state index contributed by atoms with van der Waals surface area (Å²) in [5.74, 6) is 0.487. The van der Waals surface area contributed by atoms with E-state index in [1.807, 2.05) is 6.92 Å². The summed E-state index contributed by atoms with van der Waals surface area (Å²) < 4.78 is 0. The molecule has 1 rings (SSSR count). The van der Waals surface area contributed by atoms with Crippen LogP contribution in [0.25, 0.3) is 0 Å². The van der Waals surface area contributed by atoms with E-state index in [-0.39, 0.29) is 5.41 Å². The van der Waals surface area contributed by atoms with E-state index in [0.29, 0.717) is 5.78 Å². The lowest BCUT2D eigenvalue weighted by molar-refractivity contribution is -0.133. The van der Waals surface area contributed by atoms with Crippen LogP contribution in [0.1, 0.15) is 46.0 Å². The lowest BCUT2D eigenvalue weighted by Crippen LogP contribution is -2.36. The summed E-state index contributed by atoms with van der Waals surface area (Å²) in [6, 6.07) is 0. The molecule has 1 aliphatic carbocycles. The summed E-state index contributed by atoms with van der Waals surface area (Å²) in [7, 11) is 0. The monoisotopic (exact) mass is 140 g/mol. The molecule has 10 heavy (non-hydrogen) atoms. The Hall–Kier alpha value is -0.330. The summed E-state index contributed by atoms with van der Waals surface area (Å²) in [5, 5.41) is 0. The Morgan fingerprint density at radius 1 is 1.40 bits per heavy atom. The number of hydrogen-bond acceptors (Lipinski definition) is 1. The molecule has 0 atom stereocenters. The molecule has 1 aliphatic rings. The van der Waals surface area contributed by atoms with Gasteiger partial charge < -0.3 is 0 Å². The molecule has 0 aromatic carbocycles. The SMILES string of the molecule is CCC(=O)C1(CC)CCC1. The first-order valence-corrected chi connectivity index (χ1v) is 4.28. The van der Waals surface area contributed by atoms with Crippen LogP contribution in [-0.4, -0.2) is 5.78 Å². The maximum Gasteiger partial charge on any atom is 0.138 e. The maximum absolute atomic E-state index is 11.3. The molecule has 0 aromatic heterocycles. The van der Waals surface area contributed by atoms with Crippen molar-refractivity contribution in [3.63, 3.8) is 0 Å². The highest BCUT2D eigenvalue weighted by Crippen LogP contribution is 2.45. The van der Waals surface area contributed by atoms with Crippen molar-refractivity contribution in [1.29, 1.82) is 0 Å². The molecule has 0 N–H and O–H groups in total. The van der Waals surface area contributed by atoms with Gasteiger partial charge in [0.15, 0.2) is 0 Å². The van der Waals surface area contributed by atoms with Gasteiger partial charge in [0.25, 0.3) is 0 Å². The molecule has 1 fully saturated rings. The van der Waals surface area contributed by atoms with Crippen molar-refractivity contribution in [1.82, 2.24) is 0 Å². The molecular formula is C9H16O. The van der Waals surface area contributed by atoms with Crippen molar-refractivity contribution < 1.29 is 4.79 Å². The third-order valence-electron chi connectivity index (χ3n) is 2.90. The van der Waals surface area contributed by atoms with Crippen LogP contribution in [-0.2, 0) is 4.79 Å². The van der Waals surface area contributed by atoms with Crippen LogP contribution in [0.3, 0.4) is 0 Å². The predicted molar refractivity (Wildman–Crippen MR) is 41.9 cm³/mol. The maximum atomic E-state index is 11.3. The van der Waals surface area contributed by atoms with Gasteiger partial charge in [-0.3, -0.25) is 4.79 Å².